The zero-order chi connectivity index (χ0) is 27.6. The van der Waals surface area contributed by atoms with Crippen molar-refractivity contribution in [1.82, 2.24) is 4.98 Å². The molecule has 0 amide bonds. The number of aromatic nitrogens is 1. The lowest BCUT2D eigenvalue weighted by Crippen LogP contribution is -2.11. The van der Waals surface area contributed by atoms with Crippen LogP contribution >= 0.6 is 11.3 Å². The number of ketones is 1. The molecular weight excluding hydrogens is 508 g/mol. The molecule has 2 aromatic carbocycles. The zero-order valence-corrected chi connectivity index (χ0v) is 22.8. The fraction of sp³-hybridized carbons (Fsp3) is 0.250. The number of carbonyl (C=O) groups excluding carboxylic acids is 2. The van der Waals surface area contributed by atoms with E-state index in [0.717, 1.165) is 11.3 Å². The summed E-state index contributed by atoms with van der Waals surface area (Å²) < 4.78 is 27.2. The molecule has 2 heterocycles. The molecule has 38 heavy (non-hydrogen) atoms. The monoisotopic (exact) mass is 536 g/mol. The fourth-order valence-electron chi connectivity index (χ4n) is 4.28. The average Bonchev–Trinajstić information content (AvgIpc) is 3.26. The predicted molar refractivity (Wildman–Crippen MR) is 146 cm³/mol. The molecule has 0 saturated heterocycles. The predicted octanol–water partition coefficient (Wildman–Crippen LogP) is 5.30. The molecule has 4 aromatic rings. The van der Waals surface area contributed by atoms with Gasteiger partial charge in [-0.3, -0.25) is 4.79 Å². The summed E-state index contributed by atoms with van der Waals surface area (Å²) >= 11 is 1.16. The maximum absolute atomic E-state index is 13.5. The van der Waals surface area contributed by atoms with E-state index < -0.39 is 5.97 Å². The first-order valence-corrected chi connectivity index (χ1v) is 12.5. The Bertz CT molecular complexity index is 1500. The normalized spacial score (nSPS) is 10.8. The lowest BCUT2D eigenvalue weighted by molar-refractivity contribution is 0.0526. The molecule has 2 N–H and O–H groups in total. The molecule has 0 unspecified atom stereocenters. The topological polar surface area (TPSA) is 119 Å². The number of nitrogens with zero attached hydrogens (tertiary/aromatic N) is 1. The van der Waals surface area contributed by atoms with Crippen LogP contribution in [0.5, 0.6) is 23.0 Å². The van der Waals surface area contributed by atoms with Crippen LogP contribution in [0.4, 0.5) is 5.69 Å². The number of benzene rings is 2. The Morgan fingerprint density at radius 3 is 2.11 bits per heavy atom. The lowest BCUT2D eigenvalue weighted by atomic mass is 9.94. The number of hydrogen-bond acceptors (Lipinski definition) is 10. The highest BCUT2D eigenvalue weighted by Crippen LogP contribution is 2.47. The van der Waals surface area contributed by atoms with E-state index in [1.807, 2.05) is 0 Å². The maximum atomic E-state index is 13.5. The van der Waals surface area contributed by atoms with Gasteiger partial charge in [0.15, 0.2) is 11.5 Å². The van der Waals surface area contributed by atoms with Gasteiger partial charge >= 0.3 is 5.97 Å². The number of hydrogen-bond donors (Lipinski definition) is 1. The van der Waals surface area contributed by atoms with Crippen molar-refractivity contribution < 1.29 is 33.3 Å². The number of thiophene rings is 1. The van der Waals surface area contributed by atoms with Gasteiger partial charge in [-0.15, -0.1) is 11.3 Å². The average molecular weight is 537 g/mol. The van der Waals surface area contributed by atoms with Gasteiger partial charge in [0.25, 0.3) is 0 Å². The quantitative estimate of drug-likeness (QED) is 0.225. The SMILES string of the molecule is CCOC(=O)c1c(C)nc2sc(C(=O)c3ccc(OC)cc3)c(N)c2c1-c1cc(OC)c(OC)c(OC)c1. The number of anilines is 1. The first kappa shape index (κ1) is 26.7. The van der Waals surface area contributed by atoms with Crippen molar-refractivity contribution in [2.75, 3.05) is 40.8 Å². The number of esters is 1. The Kier molecular flexibility index (Phi) is 7.72. The van der Waals surface area contributed by atoms with Gasteiger partial charge in [-0.1, -0.05) is 0 Å². The van der Waals surface area contributed by atoms with E-state index in [9.17, 15) is 9.59 Å². The molecule has 0 atom stereocenters. The Balaban J connectivity index is 2.05. The van der Waals surface area contributed by atoms with E-state index in [-0.39, 0.29) is 23.6 Å². The van der Waals surface area contributed by atoms with Crippen LogP contribution in [0.1, 0.15) is 38.2 Å². The van der Waals surface area contributed by atoms with Crippen LogP contribution < -0.4 is 24.7 Å². The Morgan fingerprint density at radius 2 is 1.58 bits per heavy atom. The highest BCUT2D eigenvalue weighted by molar-refractivity contribution is 7.21. The second-order valence-corrected chi connectivity index (χ2v) is 9.16. The van der Waals surface area contributed by atoms with Crippen molar-refractivity contribution in [2.45, 2.75) is 13.8 Å². The van der Waals surface area contributed by atoms with Crippen molar-refractivity contribution in [2.24, 2.45) is 0 Å². The molecule has 0 aliphatic heterocycles. The number of nitrogens with two attached hydrogens (primary N) is 1. The first-order valence-electron chi connectivity index (χ1n) is 11.7. The molecule has 2 aromatic heterocycles. The number of ether oxygens (including phenoxy) is 5. The van der Waals surface area contributed by atoms with Gasteiger partial charge in [0.1, 0.15) is 15.5 Å². The summed E-state index contributed by atoms with van der Waals surface area (Å²) in [7, 11) is 6.07. The molecule has 10 heteroatoms. The van der Waals surface area contributed by atoms with Crippen LogP contribution in [-0.2, 0) is 4.74 Å². The van der Waals surface area contributed by atoms with Crippen LogP contribution in [-0.4, -0.2) is 51.8 Å². The van der Waals surface area contributed by atoms with Crippen molar-refractivity contribution >= 4 is 39.0 Å². The summed E-state index contributed by atoms with van der Waals surface area (Å²) in [5, 5.41) is 0.467. The number of nitrogen functional groups attached to an aromatic ring is 1. The number of carbonyl (C=O) groups is 2. The van der Waals surface area contributed by atoms with Crippen molar-refractivity contribution in [1.29, 1.82) is 0 Å². The molecule has 9 nitrogen and oxygen atoms in total. The smallest absolute Gasteiger partial charge is 0.340 e. The minimum absolute atomic E-state index is 0.172. The number of methoxy groups -OCH3 is 4. The van der Waals surface area contributed by atoms with E-state index in [2.05, 4.69) is 4.98 Å². The molecule has 0 radical (unpaired) electrons. The Hall–Kier alpha value is -4.31. The minimum atomic E-state index is -0.559. The summed E-state index contributed by atoms with van der Waals surface area (Å²) in [6.45, 7) is 3.61. The fourth-order valence-corrected chi connectivity index (χ4v) is 5.39. The molecular formula is C28H28N2O7S. The van der Waals surface area contributed by atoms with Gasteiger partial charge in [-0.05, 0) is 55.8 Å². The molecule has 198 valence electrons. The van der Waals surface area contributed by atoms with E-state index >= 15 is 0 Å². The highest BCUT2D eigenvalue weighted by atomic mass is 32.1. The van der Waals surface area contributed by atoms with Gasteiger partial charge < -0.3 is 29.4 Å². The standard InChI is InChI=1S/C28H28N2O7S/c1-7-37-28(32)20-14(2)30-27-22(21(20)16-12-18(34-4)25(36-6)19(13-16)35-5)23(29)26(38-27)24(31)15-8-10-17(33-3)11-9-15/h8-13H,7,29H2,1-6H3. The second-order valence-electron chi connectivity index (χ2n) is 8.16. The molecule has 0 bridgehead atoms. The summed E-state index contributed by atoms with van der Waals surface area (Å²) in [6.07, 6.45) is 0. The minimum Gasteiger partial charge on any atom is -0.497 e. The maximum Gasteiger partial charge on any atom is 0.340 e. The third-order valence-electron chi connectivity index (χ3n) is 6.05. The summed E-state index contributed by atoms with van der Waals surface area (Å²) in [5.41, 5.74) is 9.01. The second kappa shape index (κ2) is 11.0. The molecule has 4 rings (SSSR count). The third-order valence-corrected chi connectivity index (χ3v) is 7.15. The van der Waals surface area contributed by atoms with Crippen LogP contribution in [0, 0.1) is 6.92 Å². The lowest BCUT2D eigenvalue weighted by Gasteiger charge is -2.17. The number of pyridine rings is 1. The third kappa shape index (κ3) is 4.58. The van der Waals surface area contributed by atoms with Gasteiger partial charge in [-0.2, -0.15) is 0 Å². The van der Waals surface area contributed by atoms with E-state index in [0.29, 0.717) is 60.5 Å². The number of aryl methyl sites for hydroxylation is 1. The van der Waals surface area contributed by atoms with Crippen molar-refractivity contribution in [3.63, 3.8) is 0 Å². The summed E-state index contributed by atoms with van der Waals surface area (Å²) in [5.74, 6) is 0.986. The van der Waals surface area contributed by atoms with Gasteiger partial charge in [0.2, 0.25) is 11.5 Å². The van der Waals surface area contributed by atoms with E-state index in [1.54, 1.807) is 57.4 Å². The number of fused-ring (bicyclic) bond motifs is 1. The Morgan fingerprint density at radius 1 is 0.947 bits per heavy atom. The zero-order valence-electron chi connectivity index (χ0n) is 22.0. The van der Waals surface area contributed by atoms with Crippen LogP contribution in [0.3, 0.4) is 0 Å². The summed E-state index contributed by atoms with van der Waals surface area (Å²) in [6, 6.07) is 10.2. The molecule has 0 spiro atoms. The van der Waals surface area contributed by atoms with Gasteiger partial charge in [-0.25, -0.2) is 9.78 Å². The molecule has 0 saturated carbocycles. The van der Waals surface area contributed by atoms with Gasteiger partial charge in [0.05, 0.1) is 52.0 Å². The van der Waals surface area contributed by atoms with Crippen molar-refractivity contribution in [3.05, 3.63) is 58.1 Å². The molecule has 0 aliphatic carbocycles. The van der Waals surface area contributed by atoms with Crippen molar-refractivity contribution in [3.8, 4) is 34.1 Å². The van der Waals surface area contributed by atoms with Crippen LogP contribution in [0.25, 0.3) is 21.3 Å². The molecule has 0 fully saturated rings. The van der Waals surface area contributed by atoms with E-state index in [1.165, 1.54) is 21.3 Å². The largest absolute Gasteiger partial charge is 0.497 e. The summed E-state index contributed by atoms with van der Waals surface area (Å²) in [4.78, 5) is 32.2. The highest BCUT2D eigenvalue weighted by Gasteiger charge is 2.29. The van der Waals surface area contributed by atoms with Crippen LogP contribution in [0.15, 0.2) is 36.4 Å². The first-order chi connectivity index (χ1) is 18.3. The number of rotatable bonds is 9. The van der Waals surface area contributed by atoms with E-state index in [4.69, 9.17) is 29.4 Å². The molecule has 0 aliphatic rings. The van der Waals surface area contributed by atoms with Crippen LogP contribution in [0.2, 0.25) is 0 Å². The van der Waals surface area contributed by atoms with Gasteiger partial charge in [0, 0.05) is 16.5 Å². The Labute approximate surface area is 224 Å².